The van der Waals surface area contributed by atoms with Crippen LogP contribution in [0.4, 0.5) is 0 Å². The number of likely N-dealkylation sites (N-methyl/N-ethyl adjacent to an activating group) is 1. The van der Waals surface area contributed by atoms with Crippen molar-refractivity contribution in [2.75, 3.05) is 26.4 Å². The second-order valence-electron chi connectivity index (χ2n) is 3.07. The molecule has 0 aromatic rings. The Morgan fingerprint density at radius 1 is 1.50 bits per heavy atom. The van der Waals surface area contributed by atoms with E-state index >= 15 is 0 Å². The van der Waals surface area contributed by atoms with Crippen LogP contribution in [-0.2, 0) is 10.0 Å². The maximum atomic E-state index is 11.1. The predicted octanol–water partition coefficient (Wildman–Crippen LogP) is -1.79. The highest BCUT2D eigenvalue weighted by Crippen LogP contribution is 2.10. The first-order valence-electron chi connectivity index (χ1n) is 3.74. The summed E-state index contributed by atoms with van der Waals surface area (Å²) in [6.45, 7) is 0.981. The Morgan fingerprint density at radius 3 is 2.42 bits per heavy atom. The van der Waals surface area contributed by atoms with Gasteiger partial charge >= 0.3 is 0 Å². The molecule has 0 unspecified atom stereocenters. The van der Waals surface area contributed by atoms with Gasteiger partial charge in [-0.3, -0.25) is 0 Å². The minimum atomic E-state index is -3.19. The van der Waals surface area contributed by atoms with E-state index in [0.717, 1.165) is 6.26 Å². The summed E-state index contributed by atoms with van der Waals surface area (Å²) in [5, 5.41) is 12.3. The largest absolute Gasteiger partial charge is 0.390 e. The van der Waals surface area contributed by atoms with E-state index in [4.69, 9.17) is 0 Å². The molecule has 6 heteroatoms. The molecular formula is C6H14N2O3S. The fourth-order valence-electron chi connectivity index (χ4n) is 1.27. The number of β-amino-alcohol motifs (C(OH)–C–C–N with tert-alkyl or cyclic N) is 1. The number of hydrogen-bond donors (Lipinski definition) is 2. The molecule has 5 nitrogen and oxygen atoms in total. The molecule has 0 bridgehead atoms. The average molecular weight is 194 g/mol. The van der Waals surface area contributed by atoms with Crippen LogP contribution in [0.2, 0.25) is 0 Å². The number of nitrogens with zero attached hydrogens (tertiary/aromatic N) is 1. The zero-order valence-corrected chi connectivity index (χ0v) is 8.00. The average Bonchev–Trinajstić information content (AvgIpc) is 2.31. The third kappa shape index (κ3) is 1.95. The Bertz CT molecular complexity index is 252. The van der Waals surface area contributed by atoms with Crippen LogP contribution in [0.1, 0.15) is 0 Å². The van der Waals surface area contributed by atoms with Gasteiger partial charge in [-0.1, -0.05) is 0 Å². The lowest BCUT2D eigenvalue weighted by Gasteiger charge is -2.23. The quantitative estimate of drug-likeness (QED) is 0.545. The zero-order valence-electron chi connectivity index (χ0n) is 7.19. The molecule has 0 amide bonds. The summed E-state index contributed by atoms with van der Waals surface area (Å²) >= 11 is 0. The van der Waals surface area contributed by atoms with Crippen molar-refractivity contribution in [3.63, 3.8) is 0 Å². The molecule has 1 rings (SSSR count). The highest BCUT2D eigenvalue weighted by atomic mass is 32.2. The maximum absolute atomic E-state index is 11.1. The van der Waals surface area contributed by atoms with Crippen LogP contribution in [0.5, 0.6) is 0 Å². The van der Waals surface area contributed by atoms with E-state index in [1.165, 1.54) is 11.4 Å². The first-order chi connectivity index (χ1) is 5.43. The van der Waals surface area contributed by atoms with Crippen molar-refractivity contribution in [2.45, 2.75) is 12.1 Å². The molecule has 2 N–H and O–H groups in total. The number of sulfonamides is 1. The molecule has 0 saturated carbocycles. The monoisotopic (exact) mass is 194 g/mol. The van der Waals surface area contributed by atoms with Crippen LogP contribution in [0.3, 0.4) is 0 Å². The minimum Gasteiger partial charge on any atom is -0.390 e. The van der Waals surface area contributed by atoms with Gasteiger partial charge in [0.25, 0.3) is 0 Å². The van der Waals surface area contributed by atoms with Crippen LogP contribution >= 0.6 is 0 Å². The smallest absolute Gasteiger partial charge is 0.211 e. The van der Waals surface area contributed by atoms with Crippen molar-refractivity contribution in [3.05, 3.63) is 0 Å². The molecule has 0 aromatic carbocycles. The predicted molar refractivity (Wildman–Crippen MR) is 45.3 cm³/mol. The van der Waals surface area contributed by atoms with E-state index in [1.54, 1.807) is 0 Å². The number of nitrogens with one attached hydrogen (secondary N) is 1. The van der Waals surface area contributed by atoms with Crippen LogP contribution in [0.15, 0.2) is 0 Å². The van der Waals surface area contributed by atoms with E-state index in [9.17, 15) is 13.5 Å². The van der Waals surface area contributed by atoms with Gasteiger partial charge < -0.3 is 10.4 Å². The molecular weight excluding hydrogens is 180 g/mol. The van der Waals surface area contributed by atoms with Crippen LogP contribution in [0.25, 0.3) is 0 Å². The van der Waals surface area contributed by atoms with Crippen molar-refractivity contribution in [1.82, 2.24) is 9.62 Å². The third-order valence-electron chi connectivity index (χ3n) is 2.14. The van der Waals surface area contributed by atoms with Crippen LogP contribution in [-0.4, -0.2) is 56.4 Å². The lowest BCUT2D eigenvalue weighted by Crippen LogP contribution is -2.43. The summed E-state index contributed by atoms with van der Waals surface area (Å²) in [6.07, 6.45) is 0.544. The van der Waals surface area contributed by atoms with Gasteiger partial charge in [-0.2, -0.15) is 4.31 Å². The fourth-order valence-corrected chi connectivity index (χ4v) is 1.97. The van der Waals surface area contributed by atoms with Crippen LogP contribution in [0, 0.1) is 0 Å². The Labute approximate surface area is 72.4 Å². The van der Waals surface area contributed by atoms with Crippen molar-refractivity contribution in [3.8, 4) is 0 Å². The van der Waals surface area contributed by atoms with E-state index in [-0.39, 0.29) is 6.04 Å². The van der Waals surface area contributed by atoms with Crippen molar-refractivity contribution in [2.24, 2.45) is 0 Å². The summed E-state index contributed by atoms with van der Waals surface area (Å²) < 4.78 is 23.3. The molecule has 1 heterocycles. The summed E-state index contributed by atoms with van der Waals surface area (Å²) in [7, 11) is -1.70. The third-order valence-corrected chi connectivity index (χ3v) is 3.46. The molecule has 0 aliphatic carbocycles. The Kier molecular flexibility index (Phi) is 2.72. The molecule has 0 aromatic heterocycles. The fraction of sp³-hybridized carbons (Fsp3) is 1.00. The standard InChI is InChI=1S/C6H14N2O3S/c1-8(12(2,10)11)5-3-7-4-6(5)9/h5-7,9H,3-4H2,1-2H3/t5-,6-/m0/s1. The molecule has 2 atom stereocenters. The van der Waals surface area contributed by atoms with Crippen molar-refractivity contribution >= 4 is 10.0 Å². The Hall–Kier alpha value is -0.170. The van der Waals surface area contributed by atoms with E-state index in [0.29, 0.717) is 13.1 Å². The van der Waals surface area contributed by atoms with Gasteiger partial charge in [-0.15, -0.1) is 0 Å². The van der Waals surface area contributed by atoms with Gasteiger partial charge in [-0.05, 0) is 0 Å². The Balaban J connectivity index is 2.70. The van der Waals surface area contributed by atoms with Crippen molar-refractivity contribution in [1.29, 1.82) is 0 Å². The highest BCUT2D eigenvalue weighted by Gasteiger charge is 2.32. The molecule has 1 aliphatic rings. The molecule has 1 aliphatic heterocycles. The lowest BCUT2D eigenvalue weighted by atomic mass is 10.2. The number of aliphatic hydroxyl groups excluding tert-OH is 1. The van der Waals surface area contributed by atoms with E-state index in [2.05, 4.69) is 5.32 Å². The first kappa shape index (κ1) is 9.91. The van der Waals surface area contributed by atoms with E-state index in [1.807, 2.05) is 0 Å². The topological polar surface area (TPSA) is 69.6 Å². The summed E-state index contributed by atoms with van der Waals surface area (Å²) in [5.74, 6) is 0. The van der Waals surface area contributed by atoms with Crippen molar-refractivity contribution < 1.29 is 13.5 Å². The number of hydrogen-bond acceptors (Lipinski definition) is 4. The lowest BCUT2D eigenvalue weighted by molar-refractivity contribution is 0.136. The van der Waals surface area contributed by atoms with Gasteiger partial charge in [0.05, 0.1) is 18.4 Å². The van der Waals surface area contributed by atoms with Gasteiger partial charge in [0.15, 0.2) is 0 Å². The summed E-state index contributed by atoms with van der Waals surface area (Å²) in [6, 6.07) is -0.319. The van der Waals surface area contributed by atoms with Gasteiger partial charge in [0.2, 0.25) is 10.0 Å². The normalized spacial score (nSPS) is 31.3. The molecule has 1 saturated heterocycles. The molecule has 1 fully saturated rings. The van der Waals surface area contributed by atoms with Gasteiger partial charge in [0.1, 0.15) is 0 Å². The maximum Gasteiger partial charge on any atom is 0.211 e. The van der Waals surface area contributed by atoms with Gasteiger partial charge in [-0.25, -0.2) is 8.42 Å². The van der Waals surface area contributed by atoms with Crippen LogP contribution < -0.4 is 5.32 Å². The van der Waals surface area contributed by atoms with Gasteiger partial charge in [0, 0.05) is 20.1 Å². The number of rotatable bonds is 2. The molecule has 0 radical (unpaired) electrons. The molecule has 72 valence electrons. The summed E-state index contributed by atoms with van der Waals surface area (Å²) in [5.41, 5.74) is 0. The second-order valence-corrected chi connectivity index (χ2v) is 5.11. The molecule has 0 spiro atoms. The summed E-state index contributed by atoms with van der Waals surface area (Å²) in [4.78, 5) is 0. The zero-order chi connectivity index (χ0) is 9.35. The van der Waals surface area contributed by atoms with E-state index < -0.39 is 16.1 Å². The second kappa shape index (κ2) is 3.29. The molecule has 12 heavy (non-hydrogen) atoms. The SMILES string of the molecule is CN([C@H]1CNC[C@@H]1O)S(C)(=O)=O. The minimum absolute atomic E-state index is 0.319. The first-order valence-corrected chi connectivity index (χ1v) is 5.59. The Morgan fingerprint density at radius 2 is 2.08 bits per heavy atom. The highest BCUT2D eigenvalue weighted by molar-refractivity contribution is 7.88. The number of aliphatic hydroxyl groups is 1.